The van der Waals surface area contributed by atoms with Crippen LogP contribution in [0.4, 0.5) is 0 Å². The SMILES string of the molecule is CCN(CCC(=O)O)C(=O)CN(C)C(=O)c1ccccc1. The Balaban J connectivity index is 2.60. The van der Waals surface area contributed by atoms with Gasteiger partial charge in [0.25, 0.3) is 5.91 Å². The predicted octanol–water partition coefficient (Wildman–Crippen LogP) is 1.08. The fraction of sp³-hybridized carbons (Fsp3) is 0.400. The molecule has 0 fully saturated rings. The fourth-order valence-corrected chi connectivity index (χ4v) is 1.87. The Hall–Kier alpha value is -2.37. The van der Waals surface area contributed by atoms with Gasteiger partial charge in [-0.1, -0.05) is 18.2 Å². The number of carbonyl (C=O) groups excluding carboxylic acids is 2. The number of hydrogen-bond acceptors (Lipinski definition) is 3. The standard InChI is InChI=1S/C15H20N2O4/c1-3-17(10-9-14(19)20)13(18)11-16(2)15(21)12-7-5-4-6-8-12/h4-8H,3,9-11H2,1-2H3,(H,19,20). The van der Waals surface area contributed by atoms with E-state index in [-0.39, 0.29) is 31.3 Å². The zero-order chi connectivity index (χ0) is 15.8. The summed E-state index contributed by atoms with van der Waals surface area (Å²) in [4.78, 5) is 37.5. The zero-order valence-electron chi connectivity index (χ0n) is 12.3. The lowest BCUT2D eigenvalue weighted by molar-refractivity contribution is -0.138. The van der Waals surface area contributed by atoms with Gasteiger partial charge in [0.15, 0.2) is 0 Å². The fourth-order valence-electron chi connectivity index (χ4n) is 1.87. The molecule has 0 saturated heterocycles. The summed E-state index contributed by atoms with van der Waals surface area (Å²) in [7, 11) is 1.55. The van der Waals surface area contributed by atoms with E-state index in [2.05, 4.69) is 0 Å². The smallest absolute Gasteiger partial charge is 0.305 e. The molecule has 0 heterocycles. The maximum Gasteiger partial charge on any atom is 0.305 e. The van der Waals surface area contributed by atoms with Crippen molar-refractivity contribution in [3.8, 4) is 0 Å². The highest BCUT2D eigenvalue weighted by Crippen LogP contribution is 2.04. The summed E-state index contributed by atoms with van der Waals surface area (Å²) in [6.07, 6.45) is -0.101. The maximum absolute atomic E-state index is 12.1. The molecule has 2 amide bonds. The lowest BCUT2D eigenvalue weighted by atomic mass is 10.2. The minimum absolute atomic E-state index is 0.0683. The van der Waals surface area contributed by atoms with Gasteiger partial charge < -0.3 is 14.9 Å². The van der Waals surface area contributed by atoms with E-state index in [4.69, 9.17) is 5.11 Å². The molecular formula is C15H20N2O4. The highest BCUT2D eigenvalue weighted by molar-refractivity contribution is 5.96. The van der Waals surface area contributed by atoms with Crippen LogP contribution in [0.3, 0.4) is 0 Å². The van der Waals surface area contributed by atoms with E-state index in [9.17, 15) is 14.4 Å². The predicted molar refractivity (Wildman–Crippen MR) is 77.9 cm³/mol. The highest BCUT2D eigenvalue weighted by Gasteiger charge is 2.18. The Bertz CT molecular complexity index is 502. The van der Waals surface area contributed by atoms with E-state index in [1.54, 1.807) is 38.2 Å². The van der Waals surface area contributed by atoms with Crippen molar-refractivity contribution in [2.45, 2.75) is 13.3 Å². The van der Waals surface area contributed by atoms with Crippen LogP contribution in [0.1, 0.15) is 23.7 Å². The monoisotopic (exact) mass is 292 g/mol. The molecule has 21 heavy (non-hydrogen) atoms. The van der Waals surface area contributed by atoms with Gasteiger partial charge in [0, 0.05) is 25.7 Å². The molecule has 0 radical (unpaired) electrons. The molecular weight excluding hydrogens is 272 g/mol. The minimum Gasteiger partial charge on any atom is -0.481 e. The minimum atomic E-state index is -0.949. The number of likely N-dealkylation sites (N-methyl/N-ethyl adjacent to an activating group) is 2. The van der Waals surface area contributed by atoms with Crippen molar-refractivity contribution < 1.29 is 19.5 Å². The van der Waals surface area contributed by atoms with E-state index in [0.717, 1.165) is 0 Å². The zero-order valence-corrected chi connectivity index (χ0v) is 12.3. The summed E-state index contributed by atoms with van der Waals surface area (Å²) in [5.41, 5.74) is 0.515. The maximum atomic E-state index is 12.1. The van der Waals surface area contributed by atoms with Gasteiger partial charge in [0.2, 0.25) is 5.91 Å². The van der Waals surface area contributed by atoms with Crippen molar-refractivity contribution >= 4 is 17.8 Å². The third-order valence-electron chi connectivity index (χ3n) is 3.07. The second-order valence-corrected chi connectivity index (χ2v) is 4.64. The Kier molecular flexibility index (Phi) is 6.39. The summed E-state index contributed by atoms with van der Waals surface area (Å²) < 4.78 is 0. The van der Waals surface area contributed by atoms with Crippen molar-refractivity contribution in [2.24, 2.45) is 0 Å². The second kappa shape index (κ2) is 8.04. The van der Waals surface area contributed by atoms with Crippen molar-refractivity contribution in [1.82, 2.24) is 9.80 Å². The van der Waals surface area contributed by atoms with Gasteiger partial charge in [-0.2, -0.15) is 0 Å². The summed E-state index contributed by atoms with van der Waals surface area (Å²) >= 11 is 0. The molecule has 6 heteroatoms. The first-order valence-corrected chi connectivity index (χ1v) is 6.75. The number of nitrogens with zero attached hydrogens (tertiary/aromatic N) is 2. The van der Waals surface area contributed by atoms with Crippen LogP contribution < -0.4 is 0 Å². The molecule has 6 nitrogen and oxygen atoms in total. The van der Waals surface area contributed by atoms with Crippen molar-refractivity contribution in [3.05, 3.63) is 35.9 Å². The first-order valence-electron chi connectivity index (χ1n) is 6.75. The molecule has 0 spiro atoms. The average Bonchev–Trinajstić information content (AvgIpc) is 2.47. The molecule has 1 rings (SSSR count). The number of benzene rings is 1. The number of amides is 2. The molecule has 0 atom stereocenters. The molecule has 1 N–H and O–H groups in total. The number of carboxylic acid groups (broad SMARTS) is 1. The molecule has 1 aromatic rings. The van der Waals surface area contributed by atoms with Crippen LogP contribution in [-0.4, -0.2) is 59.4 Å². The molecule has 0 saturated carbocycles. The highest BCUT2D eigenvalue weighted by atomic mass is 16.4. The lowest BCUT2D eigenvalue weighted by Gasteiger charge is -2.24. The van der Waals surface area contributed by atoms with Crippen LogP contribution in [0, 0.1) is 0 Å². The van der Waals surface area contributed by atoms with Gasteiger partial charge in [-0.25, -0.2) is 0 Å². The van der Waals surface area contributed by atoms with Crippen LogP contribution >= 0.6 is 0 Å². The van der Waals surface area contributed by atoms with Crippen molar-refractivity contribution in [3.63, 3.8) is 0 Å². The van der Waals surface area contributed by atoms with Gasteiger partial charge in [0.05, 0.1) is 13.0 Å². The van der Waals surface area contributed by atoms with E-state index in [1.807, 2.05) is 6.07 Å². The third kappa shape index (κ3) is 5.25. The third-order valence-corrected chi connectivity index (χ3v) is 3.07. The molecule has 0 bridgehead atoms. The second-order valence-electron chi connectivity index (χ2n) is 4.64. The van der Waals surface area contributed by atoms with Gasteiger partial charge in [-0.05, 0) is 19.1 Å². The Morgan fingerprint density at radius 3 is 2.29 bits per heavy atom. The number of carbonyl (C=O) groups is 3. The normalized spacial score (nSPS) is 10.0. The van der Waals surface area contributed by atoms with E-state index in [0.29, 0.717) is 12.1 Å². The summed E-state index contributed by atoms with van der Waals surface area (Å²) in [5, 5.41) is 8.66. The quantitative estimate of drug-likeness (QED) is 0.815. The van der Waals surface area contributed by atoms with E-state index < -0.39 is 5.97 Å². The first kappa shape index (κ1) is 16.7. The van der Waals surface area contributed by atoms with Crippen LogP contribution in [0.2, 0.25) is 0 Å². The average molecular weight is 292 g/mol. The number of carboxylic acids is 1. The lowest BCUT2D eigenvalue weighted by Crippen LogP contribution is -2.41. The number of rotatable bonds is 7. The topological polar surface area (TPSA) is 77.9 Å². The van der Waals surface area contributed by atoms with Crippen LogP contribution in [0.15, 0.2) is 30.3 Å². The Labute approximate surface area is 124 Å². The van der Waals surface area contributed by atoms with Gasteiger partial charge in [0.1, 0.15) is 0 Å². The summed E-state index contributed by atoms with van der Waals surface area (Å²) in [5.74, 6) is -1.45. The summed E-state index contributed by atoms with van der Waals surface area (Å²) in [6.45, 7) is 2.28. The van der Waals surface area contributed by atoms with Crippen LogP contribution in [0.5, 0.6) is 0 Å². The van der Waals surface area contributed by atoms with E-state index >= 15 is 0 Å². The van der Waals surface area contributed by atoms with Crippen LogP contribution in [-0.2, 0) is 9.59 Å². The molecule has 0 aliphatic rings. The van der Waals surface area contributed by atoms with Crippen molar-refractivity contribution in [2.75, 3.05) is 26.7 Å². The molecule has 0 aliphatic carbocycles. The van der Waals surface area contributed by atoms with Gasteiger partial charge in [-0.3, -0.25) is 14.4 Å². The largest absolute Gasteiger partial charge is 0.481 e. The molecule has 114 valence electrons. The number of hydrogen-bond donors (Lipinski definition) is 1. The Morgan fingerprint density at radius 1 is 1.14 bits per heavy atom. The Morgan fingerprint density at radius 2 is 1.76 bits per heavy atom. The first-order chi connectivity index (χ1) is 9.95. The van der Waals surface area contributed by atoms with Gasteiger partial charge >= 0.3 is 5.97 Å². The molecule has 1 aromatic carbocycles. The summed E-state index contributed by atoms with van der Waals surface area (Å²) in [6, 6.07) is 8.70. The van der Waals surface area contributed by atoms with Gasteiger partial charge in [-0.15, -0.1) is 0 Å². The molecule has 0 aromatic heterocycles. The molecule has 0 unspecified atom stereocenters. The van der Waals surface area contributed by atoms with Crippen LogP contribution in [0.25, 0.3) is 0 Å². The van der Waals surface area contributed by atoms with E-state index in [1.165, 1.54) is 9.80 Å². The van der Waals surface area contributed by atoms with Crippen molar-refractivity contribution in [1.29, 1.82) is 0 Å². The number of aliphatic carboxylic acids is 1. The molecule has 0 aliphatic heterocycles.